The van der Waals surface area contributed by atoms with Crippen LogP contribution in [0.15, 0.2) is 11.3 Å². The van der Waals surface area contributed by atoms with E-state index in [9.17, 15) is 0 Å². The van der Waals surface area contributed by atoms with Crippen LogP contribution in [0.25, 0.3) is 0 Å². The van der Waals surface area contributed by atoms with Crippen molar-refractivity contribution < 1.29 is 0 Å². The molecule has 1 aliphatic rings. The Morgan fingerprint density at radius 3 is 2.17 bits per heavy atom. The molecule has 1 heteroatoms. The number of hydrogen-bond acceptors (Lipinski definition) is 1. The van der Waals surface area contributed by atoms with Gasteiger partial charge < -0.3 is 4.90 Å². The van der Waals surface area contributed by atoms with E-state index in [1.165, 1.54) is 38.8 Å². The Hall–Kier alpha value is -0.460. The Bertz CT molecular complexity index is 166. The van der Waals surface area contributed by atoms with Gasteiger partial charge in [-0.1, -0.05) is 5.57 Å². The molecule has 0 aromatic carbocycles. The predicted molar refractivity (Wildman–Crippen MR) is 54.1 cm³/mol. The van der Waals surface area contributed by atoms with Gasteiger partial charge in [-0.25, -0.2) is 0 Å². The van der Waals surface area contributed by atoms with Crippen molar-refractivity contribution in [2.45, 2.75) is 46.5 Å². The summed E-state index contributed by atoms with van der Waals surface area (Å²) in [7, 11) is 0. The van der Waals surface area contributed by atoms with Gasteiger partial charge in [0, 0.05) is 18.8 Å². The summed E-state index contributed by atoms with van der Waals surface area (Å²) < 4.78 is 0. The molecule has 0 unspecified atom stereocenters. The average Bonchev–Trinajstić information content (AvgIpc) is 2.10. The highest BCUT2D eigenvalue weighted by molar-refractivity contribution is 5.13. The zero-order valence-electron chi connectivity index (χ0n) is 8.69. The fourth-order valence-electron chi connectivity index (χ4n) is 2.07. The van der Waals surface area contributed by atoms with E-state index in [4.69, 9.17) is 0 Å². The van der Waals surface area contributed by atoms with Crippen molar-refractivity contribution in [1.82, 2.24) is 4.90 Å². The first kappa shape index (κ1) is 9.63. The van der Waals surface area contributed by atoms with Crippen molar-refractivity contribution in [3.63, 3.8) is 0 Å². The molecule has 0 amide bonds. The molecule has 0 saturated carbocycles. The quantitative estimate of drug-likeness (QED) is 0.624. The van der Waals surface area contributed by atoms with Crippen LogP contribution < -0.4 is 0 Å². The lowest BCUT2D eigenvalue weighted by Gasteiger charge is -2.29. The predicted octanol–water partition coefficient (Wildman–Crippen LogP) is 3.18. The summed E-state index contributed by atoms with van der Waals surface area (Å²) in [6.45, 7) is 9.13. The van der Waals surface area contributed by atoms with E-state index in [0.29, 0.717) is 0 Å². The van der Waals surface area contributed by atoms with E-state index in [0.717, 1.165) is 0 Å². The zero-order chi connectivity index (χ0) is 8.97. The Morgan fingerprint density at radius 2 is 1.67 bits per heavy atom. The molecule has 1 rings (SSSR count). The molecule has 70 valence electrons. The molecule has 0 atom stereocenters. The molecule has 0 aromatic rings. The second-order valence-electron chi connectivity index (χ2n) is 3.61. The van der Waals surface area contributed by atoms with Crippen molar-refractivity contribution in [3.8, 4) is 0 Å². The molecular formula is C11H21N. The minimum atomic E-state index is 1.17. The van der Waals surface area contributed by atoms with E-state index < -0.39 is 0 Å². The lowest BCUT2D eigenvalue weighted by Crippen LogP contribution is -2.24. The molecule has 0 heterocycles. The number of nitrogens with zero attached hydrogens (tertiary/aromatic N) is 1. The van der Waals surface area contributed by atoms with E-state index in [1.807, 2.05) is 0 Å². The van der Waals surface area contributed by atoms with E-state index in [-0.39, 0.29) is 0 Å². The van der Waals surface area contributed by atoms with Gasteiger partial charge in [0.2, 0.25) is 0 Å². The molecule has 0 bridgehead atoms. The minimum Gasteiger partial charge on any atom is -0.375 e. The molecule has 0 aliphatic heterocycles. The van der Waals surface area contributed by atoms with Crippen LogP contribution in [0.4, 0.5) is 0 Å². The number of rotatable bonds is 3. The van der Waals surface area contributed by atoms with Crippen LogP contribution >= 0.6 is 0 Å². The van der Waals surface area contributed by atoms with Gasteiger partial charge in [-0.2, -0.15) is 0 Å². The monoisotopic (exact) mass is 167 g/mol. The van der Waals surface area contributed by atoms with Crippen molar-refractivity contribution >= 4 is 0 Å². The first-order valence-corrected chi connectivity index (χ1v) is 5.23. The molecule has 1 aliphatic carbocycles. The average molecular weight is 167 g/mol. The van der Waals surface area contributed by atoms with Crippen molar-refractivity contribution in [2.24, 2.45) is 0 Å². The standard InChI is InChI=1S/C11H21N/c1-4-12(5-2)11-9-7-6-8-10(11)3/h4-9H2,1-3H3. The van der Waals surface area contributed by atoms with Crippen LogP contribution in [0.2, 0.25) is 0 Å². The summed E-state index contributed by atoms with van der Waals surface area (Å²) in [6, 6.07) is 0. The molecular weight excluding hydrogens is 146 g/mol. The Morgan fingerprint density at radius 1 is 1.08 bits per heavy atom. The largest absolute Gasteiger partial charge is 0.375 e. The molecule has 1 nitrogen and oxygen atoms in total. The van der Waals surface area contributed by atoms with Gasteiger partial charge in [0.25, 0.3) is 0 Å². The zero-order valence-corrected chi connectivity index (χ0v) is 8.69. The SMILES string of the molecule is CCN(CC)C1=C(C)CCCC1. The Balaban J connectivity index is 2.68. The summed E-state index contributed by atoms with van der Waals surface area (Å²) in [5.74, 6) is 0. The molecule has 0 spiro atoms. The second-order valence-corrected chi connectivity index (χ2v) is 3.61. The smallest absolute Gasteiger partial charge is 0.0146 e. The van der Waals surface area contributed by atoms with Gasteiger partial charge >= 0.3 is 0 Å². The maximum atomic E-state index is 2.51. The Labute approximate surface area is 76.5 Å². The normalized spacial score (nSPS) is 18.2. The van der Waals surface area contributed by atoms with Crippen LogP contribution in [-0.2, 0) is 0 Å². The van der Waals surface area contributed by atoms with Crippen LogP contribution in [-0.4, -0.2) is 18.0 Å². The summed E-state index contributed by atoms with van der Waals surface area (Å²) in [5, 5.41) is 0. The number of allylic oxidation sites excluding steroid dienone is 2. The maximum absolute atomic E-state index is 2.51. The third-order valence-corrected chi connectivity index (χ3v) is 2.85. The highest BCUT2D eigenvalue weighted by atomic mass is 15.1. The van der Waals surface area contributed by atoms with Gasteiger partial charge in [0.15, 0.2) is 0 Å². The van der Waals surface area contributed by atoms with Gasteiger partial charge in [-0.3, -0.25) is 0 Å². The van der Waals surface area contributed by atoms with Crippen LogP contribution in [0.1, 0.15) is 46.5 Å². The molecule has 0 saturated heterocycles. The minimum absolute atomic E-state index is 1.17. The lowest BCUT2D eigenvalue weighted by atomic mass is 9.96. The van der Waals surface area contributed by atoms with Crippen LogP contribution in [0.3, 0.4) is 0 Å². The molecule has 0 fully saturated rings. The topological polar surface area (TPSA) is 3.24 Å². The summed E-state index contributed by atoms with van der Waals surface area (Å²) >= 11 is 0. The molecule has 12 heavy (non-hydrogen) atoms. The van der Waals surface area contributed by atoms with Gasteiger partial charge in [-0.05, 0) is 46.5 Å². The van der Waals surface area contributed by atoms with E-state index in [1.54, 1.807) is 11.3 Å². The highest BCUT2D eigenvalue weighted by Crippen LogP contribution is 2.26. The fraction of sp³-hybridized carbons (Fsp3) is 0.818. The Kier molecular flexibility index (Phi) is 3.64. The van der Waals surface area contributed by atoms with E-state index in [2.05, 4.69) is 25.7 Å². The number of hydrogen-bond donors (Lipinski definition) is 0. The van der Waals surface area contributed by atoms with E-state index >= 15 is 0 Å². The molecule has 0 aromatic heterocycles. The summed E-state index contributed by atoms with van der Waals surface area (Å²) in [6.07, 6.45) is 5.43. The van der Waals surface area contributed by atoms with Crippen molar-refractivity contribution in [1.29, 1.82) is 0 Å². The van der Waals surface area contributed by atoms with Crippen LogP contribution in [0.5, 0.6) is 0 Å². The first-order chi connectivity index (χ1) is 5.79. The summed E-state index contributed by atoms with van der Waals surface area (Å²) in [4.78, 5) is 2.51. The molecule has 0 radical (unpaired) electrons. The summed E-state index contributed by atoms with van der Waals surface area (Å²) in [5.41, 5.74) is 3.26. The molecule has 0 N–H and O–H groups in total. The van der Waals surface area contributed by atoms with Gasteiger partial charge in [0.1, 0.15) is 0 Å². The van der Waals surface area contributed by atoms with Crippen LogP contribution in [0, 0.1) is 0 Å². The maximum Gasteiger partial charge on any atom is 0.0146 e. The third-order valence-electron chi connectivity index (χ3n) is 2.85. The second kappa shape index (κ2) is 4.54. The lowest BCUT2D eigenvalue weighted by molar-refractivity contribution is 0.349. The van der Waals surface area contributed by atoms with Crippen molar-refractivity contribution in [3.05, 3.63) is 11.3 Å². The highest BCUT2D eigenvalue weighted by Gasteiger charge is 2.12. The first-order valence-electron chi connectivity index (χ1n) is 5.23. The van der Waals surface area contributed by atoms with Gasteiger partial charge in [0.05, 0.1) is 0 Å². The third kappa shape index (κ3) is 2.02. The van der Waals surface area contributed by atoms with Gasteiger partial charge in [-0.15, -0.1) is 0 Å². The van der Waals surface area contributed by atoms with Crippen molar-refractivity contribution in [2.75, 3.05) is 13.1 Å². The fourth-order valence-corrected chi connectivity index (χ4v) is 2.07.